The number of rotatable bonds is 5. The average molecular weight is 611 g/mol. The number of fused-ring (bicyclic) bond motifs is 1. The third-order valence-corrected chi connectivity index (χ3v) is 7.53. The van der Waals surface area contributed by atoms with Crippen LogP contribution in [0.15, 0.2) is 48.8 Å². The Labute approximate surface area is 241 Å². The van der Waals surface area contributed by atoms with Crippen molar-refractivity contribution in [2.45, 2.75) is 32.7 Å². The summed E-state index contributed by atoms with van der Waals surface area (Å²) >= 11 is 6.16. The Balaban J connectivity index is 1.29. The predicted molar refractivity (Wildman–Crippen MR) is 146 cm³/mol. The zero-order valence-electron chi connectivity index (χ0n) is 22.4. The number of hydrogen-bond donors (Lipinski definition) is 1. The molecule has 1 aromatic carbocycles. The van der Waals surface area contributed by atoms with Gasteiger partial charge in [0.1, 0.15) is 17.2 Å². The first kappa shape index (κ1) is 29.5. The second kappa shape index (κ2) is 11.0. The van der Waals surface area contributed by atoms with E-state index in [0.717, 1.165) is 23.9 Å². The highest BCUT2D eigenvalue weighted by atomic mass is 35.5. The Bertz CT molecular complexity index is 1630. The van der Waals surface area contributed by atoms with Crippen molar-refractivity contribution in [1.29, 1.82) is 0 Å². The van der Waals surface area contributed by atoms with Crippen molar-refractivity contribution in [2.75, 3.05) is 36.0 Å². The normalized spacial score (nSPS) is 14.5. The van der Waals surface area contributed by atoms with Crippen LogP contribution in [0.5, 0.6) is 0 Å². The molecule has 0 spiro atoms. The van der Waals surface area contributed by atoms with Crippen LogP contribution in [0.3, 0.4) is 0 Å². The van der Waals surface area contributed by atoms with Gasteiger partial charge < -0.3 is 15.1 Å². The lowest BCUT2D eigenvalue weighted by molar-refractivity contribution is -0.138. The summed E-state index contributed by atoms with van der Waals surface area (Å²) in [5.74, 6) is -0.170. The number of carbonyl (C=O) groups is 1. The molecule has 0 unspecified atom stereocenters. The first-order valence-electron chi connectivity index (χ1n) is 12.9. The summed E-state index contributed by atoms with van der Waals surface area (Å²) in [6.45, 7) is 4.26. The number of nitrogens with zero attached hydrogens (tertiary/aromatic N) is 5. The van der Waals surface area contributed by atoms with Gasteiger partial charge in [0.05, 0.1) is 16.8 Å². The van der Waals surface area contributed by atoms with Gasteiger partial charge in [-0.15, -0.1) is 0 Å². The Hall–Kier alpha value is -4.00. The van der Waals surface area contributed by atoms with Crippen molar-refractivity contribution < 1.29 is 31.1 Å². The summed E-state index contributed by atoms with van der Waals surface area (Å²) in [6, 6.07) is 7.75. The molecule has 1 amide bonds. The van der Waals surface area contributed by atoms with E-state index in [1.165, 1.54) is 18.2 Å². The van der Waals surface area contributed by atoms with Gasteiger partial charge in [-0.2, -0.15) is 26.3 Å². The molecular weight excluding hydrogens is 586 g/mol. The van der Waals surface area contributed by atoms with Crippen molar-refractivity contribution in [3.63, 3.8) is 0 Å². The van der Waals surface area contributed by atoms with Gasteiger partial charge in [0, 0.05) is 61.9 Å². The lowest BCUT2D eigenvalue weighted by Crippen LogP contribution is -2.47. The van der Waals surface area contributed by atoms with Crippen molar-refractivity contribution in [3.8, 4) is 0 Å². The number of pyridine rings is 2. The molecule has 1 aliphatic heterocycles. The molecule has 5 rings (SSSR count). The van der Waals surface area contributed by atoms with E-state index in [4.69, 9.17) is 11.6 Å². The van der Waals surface area contributed by atoms with E-state index in [-0.39, 0.29) is 49.7 Å². The lowest BCUT2D eigenvalue weighted by Gasteiger charge is -2.37. The highest BCUT2D eigenvalue weighted by Crippen LogP contribution is 2.38. The second-order valence-electron chi connectivity index (χ2n) is 9.99. The first-order chi connectivity index (χ1) is 19.7. The smallest absolute Gasteiger partial charge is 0.367 e. The molecule has 0 atom stereocenters. The Kier molecular flexibility index (Phi) is 7.73. The quantitative estimate of drug-likeness (QED) is 0.269. The SMILES string of the molecule is Cc1cn2c(C(=O)NCc3ccc(N4CCN(c5ccc(C(F)(F)F)cn5)CC4)c(C(F)(F)F)c3)c(C)nc2cc1Cl. The van der Waals surface area contributed by atoms with E-state index < -0.39 is 29.4 Å². The number of carbonyl (C=O) groups excluding carboxylic acids is 1. The average Bonchev–Trinajstić information content (AvgIpc) is 3.25. The van der Waals surface area contributed by atoms with E-state index >= 15 is 0 Å². The summed E-state index contributed by atoms with van der Waals surface area (Å²) in [5, 5.41) is 3.18. The molecule has 1 N–H and O–H groups in total. The van der Waals surface area contributed by atoms with Gasteiger partial charge in [0.15, 0.2) is 0 Å². The predicted octanol–water partition coefficient (Wildman–Crippen LogP) is 6.29. The maximum atomic E-state index is 14.1. The number of alkyl halides is 6. The molecule has 42 heavy (non-hydrogen) atoms. The van der Waals surface area contributed by atoms with Crippen molar-refractivity contribution in [3.05, 3.63) is 87.5 Å². The summed E-state index contributed by atoms with van der Waals surface area (Å²) < 4.78 is 82.5. The van der Waals surface area contributed by atoms with E-state index in [1.54, 1.807) is 40.3 Å². The molecule has 0 aliphatic carbocycles. The van der Waals surface area contributed by atoms with E-state index in [9.17, 15) is 31.1 Å². The van der Waals surface area contributed by atoms with Crippen LogP contribution in [-0.2, 0) is 18.9 Å². The highest BCUT2D eigenvalue weighted by molar-refractivity contribution is 6.31. The third kappa shape index (κ3) is 5.96. The lowest BCUT2D eigenvalue weighted by atomic mass is 10.1. The number of anilines is 2. The van der Waals surface area contributed by atoms with Crippen LogP contribution in [-0.4, -0.2) is 46.5 Å². The van der Waals surface area contributed by atoms with Gasteiger partial charge in [-0.25, -0.2) is 9.97 Å². The molecule has 14 heteroatoms. The van der Waals surface area contributed by atoms with E-state index in [1.807, 2.05) is 0 Å². The minimum atomic E-state index is -4.66. The second-order valence-corrected chi connectivity index (χ2v) is 10.4. The minimum absolute atomic E-state index is 0.0115. The Morgan fingerprint density at radius 3 is 2.26 bits per heavy atom. The zero-order valence-corrected chi connectivity index (χ0v) is 23.2. The fourth-order valence-electron chi connectivity index (χ4n) is 4.94. The molecular formula is C28H25ClF6N6O. The van der Waals surface area contributed by atoms with Crippen LogP contribution in [0.2, 0.25) is 5.02 Å². The van der Waals surface area contributed by atoms with E-state index in [2.05, 4.69) is 15.3 Å². The minimum Gasteiger partial charge on any atom is -0.367 e. The summed E-state index contributed by atoms with van der Waals surface area (Å²) in [5.41, 5.74) is 0.462. The Morgan fingerprint density at radius 1 is 0.952 bits per heavy atom. The standard InChI is InChI=1S/C28H25ClF6N6O/c1-16-15-41-24(12-21(16)29)38-17(2)25(41)26(42)37-13-18-3-5-22(20(11-18)28(33,34)35)39-7-9-40(10-8-39)23-6-4-19(14-36-23)27(30,31)32/h3-6,11-12,14-15H,7-10,13H2,1-2H3,(H,37,42). The molecule has 0 radical (unpaired) electrons. The topological polar surface area (TPSA) is 65.8 Å². The fraction of sp³-hybridized carbons (Fsp3) is 0.321. The molecule has 1 aliphatic rings. The summed E-state index contributed by atoms with van der Waals surface area (Å²) in [6.07, 6.45) is -6.74. The van der Waals surface area contributed by atoms with Gasteiger partial charge in [-0.3, -0.25) is 9.20 Å². The van der Waals surface area contributed by atoms with Gasteiger partial charge in [-0.1, -0.05) is 17.7 Å². The van der Waals surface area contributed by atoms with Gasteiger partial charge >= 0.3 is 12.4 Å². The largest absolute Gasteiger partial charge is 0.418 e. The molecule has 7 nitrogen and oxygen atoms in total. The molecule has 3 aromatic heterocycles. The van der Waals surface area contributed by atoms with Gasteiger partial charge in [0.25, 0.3) is 5.91 Å². The van der Waals surface area contributed by atoms with Gasteiger partial charge in [0.2, 0.25) is 0 Å². The highest BCUT2D eigenvalue weighted by Gasteiger charge is 2.36. The third-order valence-electron chi connectivity index (χ3n) is 7.12. The van der Waals surface area contributed by atoms with Crippen molar-refractivity contribution in [2.24, 2.45) is 0 Å². The number of nitrogens with one attached hydrogen (secondary N) is 1. The molecule has 1 saturated heterocycles. The molecule has 0 saturated carbocycles. The van der Waals surface area contributed by atoms with Crippen molar-refractivity contribution in [1.82, 2.24) is 19.7 Å². The summed E-state index contributed by atoms with van der Waals surface area (Å²) in [4.78, 5) is 24.6. The zero-order chi connectivity index (χ0) is 30.4. The van der Waals surface area contributed by atoms with Gasteiger partial charge in [-0.05, 0) is 49.2 Å². The number of aryl methyl sites for hydroxylation is 2. The number of piperazine rings is 1. The molecule has 222 valence electrons. The number of benzene rings is 1. The van der Waals surface area contributed by atoms with Crippen LogP contribution >= 0.6 is 11.6 Å². The summed E-state index contributed by atoms with van der Waals surface area (Å²) in [7, 11) is 0. The maximum Gasteiger partial charge on any atom is 0.418 e. The number of imidazole rings is 1. The van der Waals surface area contributed by atoms with Crippen LogP contribution in [0.1, 0.15) is 38.4 Å². The molecule has 4 heterocycles. The van der Waals surface area contributed by atoms with Crippen LogP contribution in [0.4, 0.5) is 37.8 Å². The molecule has 4 aromatic rings. The number of hydrogen-bond acceptors (Lipinski definition) is 5. The van der Waals surface area contributed by atoms with E-state index in [0.29, 0.717) is 22.2 Å². The van der Waals surface area contributed by atoms with Crippen LogP contribution < -0.4 is 15.1 Å². The molecule has 0 bridgehead atoms. The number of aromatic nitrogens is 3. The number of amides is 1. The fourth-order valence-corrected chi connectivity index (χ4v) is 5.08. The maximum absolute atomic E-state index is 14.1. The molecule has 1 fully saturated rings. The Morgan fingerprint density at radius 2 is 1.64 bits per heavy atom. The van der Waals surface area contributed by atoms with Crippen LogP contribution in [0, 0.1) is 13.8 Å². The van der Waals surface area contributed by atoms with Crippen LogP contribution in [0.25, 0.3) is 5.65 Å². The number of halogens is 7. The van der Waals surface area contributed by atoms with Crippen molar-refractivity contribution >= 4 is 34.7 Å². The first-order valence-corrected chi connectivity index (χ1v) is 13.3. The monoisotopic (exact) mass is 610 g/mol.